The molecule has 1 fully saturated rings. The highest BCUT2D eigenvalue weighted by atomic mass is 35.5. The van der Waals surface area contributed by atoms with Gasteiger partial charge in [-0.05, 0) is 24.7 Å². The molecule has 106 valence electrons. The minimum Gasteiger partial charge on any atom is -0.368 e. The van der Waals surface area contributed by atoms with Crippen molar-refractivity contribution >= 4 is 28.2 Å². The van der Waals surface area contributed by atoms with E-state index in [0.717, 1.165) is 23.1 Å². The summed E-state index contributed by atoms with van der Waals surface area (Å²) in [5.74, 6) is 0.852. The van der Waals surface area contributed by atoms with Gasteiger partial charge in [-0.3, -0.25) is 0 Å². The Bertz CT molecular complexity index is 606. The molecule has 20 heavy (non-hydrogen) atoms. The Morgan fingerprint density at radius 1 is 1.15 bits per heavy atom. The number of anilines is 1. The van der Waals surface area contributed by atoms with Gasteiger partial charge in [0.2, 0.25) is 0 Å². The zero-order chi connectivity index (χ0) is 14.0. The van der Waals surface area contributed by atoms with Gasteiger partial charge in [-0.2, -0.15) is 0 Å². The van der Waals surface area contributed by atoms with Crippen LogP contribution in [0, 0.1) is 5.41 Å². The van der Waals surface area contributed by atoms with E-state index in [4.69, 9.17) is 11.6 Å². The van der Waals surface area contributed by atoms with E-state index in [0.29, 0.717) is 10.6 Å². The number of aromatic nitrogens is 2. The first-order valence-corrected chi connectivity index (χ1v) is 7.77. The van der Waals surface area contributed by atoms with Crippen molar-refractivity contribution in [3.05, 3.63) is 29.4 Å². The van der Waals surface area contributed by atoms with E-state index < -0.39 is 0 Å². The predicted octanol–water partition coefficient (Wildman–Crippen LogP) is 4.67. The second-order valence-corrected chi connectivity index (χ2v) is 6.16. The Labute approximate surface area is 124 Å². The van der Waals surface area contributed by atoms with E-state index in [-0.39, 0.29) is 0 Å². The standard InChI is InChI=1S/C16H20ClN3/c1-2-16(9-5-6-10-16)11-18-15-13-8-4-3-7-12(13)14(17)19-20-15/h3-4,7-8H,2,5-6,9-11H2,1H3,(H,18,20). The molecule has 4 heteroatoms. The fraction of sp³-hybridized carbons (Fsp3) is 0.500. The molecule has 0 aliphatic heterocycles. The average molecular weight is 290 g/mol. The molecule has 0 amide bonds. The highest BCUT2D eigenvalue weighted by Crippen LogP contribution is 2.41. The Balaban J connectivity index is 1.86. The van der Waals surface area contributed by atoms with Gasteiger partial charge in [0.15, 0.2) is 11.0 Å². The fourth-order valence-electron chi connectivity index (χ4n) is 3.25. The van der Waals surface area contributed by atoms with Crippen molar-refractivity contribution in [2.24, 2.45) is 5.41 Å². The molecule has 1 heterocycles. The Hall–Kier alpha value is -1.35. The molecule has 2 aromatic rings. The second kappa shape index (κ2) is 5.57. The maximum Gasteiger partial charge on any atom is 0.159 e. The fourth-order valence-corrected chi connectivity index (χ4v) is 3.46. The summed E-state index contributed by atoms with van der Waals surface area (Å²) in [7, 11) is 0. The van der Waals surface area contributed by atoms with Crippen molar-refractivity contribution in [1.29, 1.82) is 0 Å². The highest BCUT2D eigenvalue weighted by Gasteiger charge is 2.31. The van der Waals surface area contributed by atoms with Crippen molar-refractivity contribution in [3.8, 4) is 0 Å². The summed E-state index contributed by atoms with van der Waals surface area (Å²) < 4.78 is 0. The third-order valence-electron chi connectivity index (χ3n) is 4.69. The van der Waals surface area contributed by atoms with E-state index in [1.807, 2.05) is 24.3 Å². The van der Waals surface area contributed by atoms with Crippen molar-refractivity contribution in [1.82, 2.24) is 10.2 Å². The SMILES string of the molecule is CCC1(CNc2nnc(Cl)c3ccccc23)CCCC1. The lowest BCUT2D eigenvalue weighted by molar-refractivity contribution is 0.306. The summed E-state index contributed by atoms with van der Waals surface area (Å²) in [4.78, 5) is 0. The van der Waals surface area contributed by atoms with Crippen LogP contribution in [0.4, 0.5) is 5.82 Å². The molecule has 3 rings (SSSR count). The summed E-state index contributed by atoms with van der Waals surface area (Å²) in [5.41, 5.74) is 0.433. The monoisotopic (exact) mass is 289 g/mol. The van der Waals surface area contributed by atoms with E-state index in [2.05, 4.69) is 22.4 Å². The van der Waals surface area contributed by atoms with Gasteiger partial charge in [-0.25, -0.2) is 0 Å². The molecular formula is C16H20ClN3. The van der Waals surface area contributed by atoms with Crippen LogP contribution in [-0.2, 0) is 0 Å². The van der Waals surface area contributed by atoms with E-state index in [1.165, 1.54) is 32.1 Å². The predicted molar refractivity (Wildman–Crippen MR) is 84.2 cm³/mol. The van der Waals surface area contributed by atoms with Crippen molar-refractivity contribution in [2.75, 3.05) is 11.9 Å². The number of benzene rings is 1. The first-order valence-electron chi connectivity index (χ1n) is 7.39. The summed E-state index contributed by atoms with van der Waals surface area (Å²) in [5, 5.41) is 14.3. The first-order chi connectivity index (χ1) is 9.74. The number of nitrogens with zero attached hydrogens (tertiary/aromatic N) is 2. The molecule has 1 aromatic heterocycles. The van der Waals surface area contributed by atoms with Gasteiger partial charge in [0, 0.05) is 17.3 Å². The molecule has 1 saturated carbocycles. The molecule has 0 bridgehead atoms. The maximum atomic E-state index is 6.11. The molecule has 3 nitrogen and oxygen atoms in total. The minimum atomic E-state index is 0.433. The van der Waals surface area contributed by atoms with Gasteiger partial charge in [-0.15, -0.1) is 10.2 Å². The van der Waals surface area contributed by atoms with Gasteiger partial charge in [0.1, 0.15) is 0 Å². The van der Waals surface area contributed by atoms with E-state index >= 15 is 0 Å². The molecule has 1 aliphatic rings. The van der Waals surface area contributed by atoms with Gasteiger partial charge in [-0.1, -0.05) is 55.6 Å². The number of nitrogens with one attached hydrogen (secondary N) is 1. The number of fused-ring (bicyclic) bond motifs is 1. The minimum absolute atomic E-state index is 0.433. The van der Waals surface area contributed by atoms with Crippen LogP contribution in [0.25, 0.3) is 10.8 Å². The van der Waals surface area contributed by atoms with Crippen LogP contribution in [0.1, 0.15) is 39.0 Å². The third kappa shape index (κ3) is 2.47. The zero-order valence-corrected chi connectivity index (χ0v) is 12.6. The Morgan fingerprint density at radius 2 is 1.85 bits per heavy atom. The number of halogens is 1. The second-order valence-electron chi connectivity index (χ2n) is 5.80. The number of rotatable bonds is 4. The first kappa shape index (κ1) is 13.6. The van der Waals surface area contributed by atoms with Crippen LogP contribution in [0.2, 0.25) is 5.15 Å². The van der Waals surface area contributed by atoms with Gasteiger partial charge in [0.25, 0.3) is 0 Å². The summed E-state index contributed by atoms with van der Waals surface area (Å²) in [6, 6.07) is 8.02. The molecule has 1 N–H and O–H groups in total. The average Bonchev–Trinajstić information content (AvgIpc) is 2.96. The van der Waals surface area contributed by atoms with Crippen LogP contribution >= 0.6 is 11.6 Å². The van der Waals surface area contributed by atoms with Crippen LogP contribution < -0.4 is 5.32 Å². The molecule has 0 spiro atoms. The van der Waals surface area contributed by atoms with Crippen LogP contribution in [0.3, 0.4) is 0 Å². The molecule has 0 saturated heterocycles. The largest absolute Gasteiger partial charge is 0.368 e. The summed E-state index contributed by atoms with van der Waals surface area (Å²) >= 11 is 6.11. The molecule has 1 aliphatic carbocycles. The number of hydrogen-bond acceptors (Lipinski definition) is 3. The lowest BCUT2D eigenvalue weighted by Crippen LogP contribution is -2.26. The Morgan fingerprint density at radius 3 is 2.55 bits per heavy atom. The Kier molecular flexibility index (Phi) is 3.79. The van der Waals surface area contributed by atoms with Crippen LogP contribution in [0.15, 0.2) is 24.3 Å². The molecule has 0 atom stereocenters. The van der Waals surface area contributed by atoms with E-state index in [1.54, 1.807) is 0 Å². The topological polar surface area (TPSA) is 37.8 Å². The quantitative estimate of drug-likeness (QED) is 0.889. The smallest absolute Gasteiger partial charge is 0.159 e. The van der Waals surface area contributed by atoms with Crippen molar-refractivity contribution in [3.63, 3.8) is 0 Å². The maximum absolute atomic E-state index is 6.11. The molecular weight excluding hydrogens is 270 g/mol. The summed E-state index contributed by atoms with van der Waals surface area (Å²) in [6.07, 6.45) is 6.55. The normalized spacial score (nSPS) is 17.5. The molecule has 0 unspecified atom stereocenters. The lowest BCUT2D eigenvalue weighted by atomic mass is 9.83. The third-order valence-corrected chi connectivity index (χ3v) is 4.97. The van der Waals surface area contributed by atoms with E-state index in [9.17, 15) is 0 Å². The molecule has 0 radical (unpaired) electrons. The van der Waals surface area contributed by atoms with Crippen molar-refractivity contribution < 1.29 is 0 Å². The van der Waals surface area contributed by atoms with Crippen LogP contribution in [0.5, 0.6) is 0 Å². The van der Waals surface area contributed by atoms with Crippen molar-refractivity contribution in [2.45, 2.75) is 39.0 Å². The molecule has 1 aromatic carbocycles. The zero-order valence-electron chi connectivity index (χ0n) is 11.8. The lowest BCUT2D eigenvalue weighted by Gasteiger charge is -2.28. The summed E-state index contributed by atoms with van der Waals surface area (Å²) in [6.45, 7) is 3.27. The van der Waals surface area contributed by atoms with Gasteiger partial charge >= 0.3 is 0 Å². The van der Waals surface area contributed by atoms with Crippen LogP contribution in [-0.4, -0.2) is 16.7 Å². The van der Waals surface area contributed by atoms with Gasteiger partial charge in [0.05, 0.1) is 0 Å². The highest BCUT2D eigenvalue weighted by molar-refractivity contribution is 6.34. The number of hydrogen-bond donors (Lipinski definition) is 1. The van der Waals surface area contributed by atoms with Gasteiger partial charge < -0.3 is 5.32 Å².